The van der Waals surface area contributed by atoms with Crippen LogP contribution in [-0.2, 0) is 29.0 Å². The summed E-state index contributed by atoms with van der Waals surface area (Å²) in [6, 6.07) is 0. The maximum absolute atomic E-state index is 12.8. The number of hydrogen-bond acceptors (Lipinski definition) is 9. The molecule has 8 nitrogen and oxygen atoms in total. The van der Waals surface area contributed by atoms with Crippen molar-refractivity contribution in [3.63, 3.8) is 0 Å². The minimum absolute atomic E-state index is 1.52. The van der Waals surface area contributed by atoms with Gasteiger partial charge in [0.25, 0.3) is 0 Å². The third-order valence-electron chi connectivity index (χ3n) is 1.81. The fourth-order valence-electron chi connectivity index (χ4n) is 0.758. The topological polar surface area (TPSA) is 117 Å². The van der Waals surface area contributed by atoms with Gasteiger partial charge in [-0.15, -0.1) is 0 Å². The van der Waals surface area contributed by atoms with Crippen LogP contribution in [0.3, 0.4) is 0 Å². The summed E-state index contributed by atoms with van der Waals surface area (Å²) in [7, 11) is -6.89. The summed E-state index contributed by atoms with van der Waals surface area (Å²) in [5.41, 5.74) is 0. The molecule has 18 heteroatoms. The maximum Gasteiger partial charge on any atom is 0.433 e. The molecule has 0 rings (SSSR count). The first kappa shape index (κ1) is 23.5. The van der Waals surface area contributed by atoms with Crippen LogP contribution in [0.1, 0.15) is 0 Å². The highest BCUT2D eigenvalue weighted by Crippen LogP contribution is 2.44. The van der Waals surface area contributed by atoms with Gasteiger partial charge >= 0.3 is 22.7 Å². The zero-order valence-electron chi connectivity index (χ0n) is 10.5. The van der Waals surface area contributed by atoms with Crippen molar-refractivity contribution >= 4 is 22.2 Å². The Morgan fingerprint density at radius 2 is 1.29 bits per heavy atom. The standard InChI is InChI=1S/C6H6F8O8S2/c7-3(8,5(11,12)23-22-21-15)19-1-2-20-4(9,10)6(13,14)24(16,17)18/h15H,1-2H2,(H,16,17,18)/p-2. The van der Waals surface area contributed by atoms with Crippen molar-refractivity contribution < 1.29 is 72.2 Å². The monoisotopic (exact) mass is 420 g/mol. The Labute approximate surface area is 131 Å². The molecule has 146 valence electrons. The quantitative estimate of drug-likeness (QED) is 0.120. The molecule has 0 unspecified atom stereocenters. The Morgan fingerprint density at radius 1 is 0.875 bits per heavy atom. The molecule has 0 saturated carbocycles. The van der Waals surface area contributed by atoms with Gasteiger partial charge in [-0.3, -0.25) is 5.04 Å². The largest absolute Gasteiger partial charge is 0.743 e. The summed E-state index contributed by atoms with van der Waals surface area (Å²) < 4.78 is 140. The van der Waals surface area contributed by atoms with Crippen molar-refractivity contribution in [2.45, 2.75) is 22.7 Å². The lowest BCUT2D eigenvalue weighted by Gasteiger charge is -2.28. The van der Waals surface area contributed by atoms with E-state index in [0.29, 0.717) is 0 Å². The Balaban J connectivity index is 4.68. The second-order valence-electron chi connectivity index (χ2n) is 3.44. The van der Waals surface area contributed by atoms with E-state index in [1.54, 1.807) is 0 Å². The highest BCUT2D eigenvalue weighted by atomic mass is 32.2. The average molecular weight is 420 g/mol. The van der Waals surface area contributed by atoms with Crippen LogP contribution in [0, 0.1) is 0 Å². The molecule has 0 N–H and O–H groups in total. The number of rotatable bonds is 11. The maximum atomic E-state index is 12.8. The Morgan fingerprint density at radius 3 is 1.67 bits per heavy atom. The van der Waals surface area contributed by atoms with Crippen molar-refractivity contribution in [1.82, 2.24) is 0 Å². The minimum Gasteiger partial charge on any atom is -0.743 e. The number of alkyl halides is 8. The van der Waals surface area contributed by atoms with Crippen LogP contribution in [0.4, 0.5) is 35.1 Å². The van der Waals surface area contributed by atoms with E-state index in [9.17, 15) is 53.4 Å². The van der Waals surface area contributed by atoms with E-state index in [1.165, 1.54) is 0 Å². The third-order valence-corrected chi connectivity index (χ3v) is 3.24. The predicted molar refractivity (Wildman–Crippen MR) is 51.2 cm³/mol. The fraction of sp³-hybridized carbons (Fsp3) is 1.00. The van der Waals surface area contributed by atoms with E-state index in [2.05, 4.69) is 18.8 Å². The molecular formula is C6H4F8O8S2-2. The number of halogens is 8. The summed E-state index contributed by atoms with van der Waals surface area (Å²) in [6.07, 6.45) is -11.4. The zero-order chi connectivity index (χ0) is 19.4. The number of hydrogen-bond donors (Lipinski definition) is 0. The Bertz CT molecular complexity index is 511. The highest BCUT2D eigenvalue weighted by Gasteiger charge is 2.64. The molecule has 0 aliphatic carbocycles. The smallest absolute Gasteiger partial charge is 0.433 e. The molecule has 0 atom stereocenters. The van der Waals surface area contributed by atoms with E-state index in [0.717, 1.165) is 0 Å². The third kappa shape index (κ3) is 5.51. The van der Waals surface area contributed by atoms with E-state index in [1.807, 2.05) is 0 Å². The van der Waals surface area contributed by atoms with E-state index in [-0.39, 0.29) is 0 Å². The van der Waals surface area contributed by atoms with Crippen LogP contribution in [-0.4, -0.2) is 48.9 Å². The lowest BCUT2D eigenvalue weighted by molar-refractivity contribution is -0.777. The van der Waals surface area contributed by atoms with Crippen LogP contribution in [0.5, 0.6) is 0 Å². The summed E-state index contributed by atoms with van der Waals surface area (Å²) in [5, 5.41) is 0.0632. The summed E-state index contributed by atoms with van der Waals surface area (Å²) in [6.45, 7) is -3.83. The van der Waals surface area contributed by atoms with Crippen LogP contribution >= 0.6 is 12.0 Å². The SMILES string of the molecule is O=S(=O)([O-])C(F)(F)C(F)(F)OCCOC(F)(F)C(F)(F)SOO[O-]. The van der Waals surface area contributed by atoms with Crippen molar-refractivity contribution in [2.75, 3.05) is 13.2 Å². The Kier molecular flexibility index (Phi) is 7.64. The van der Waals surface area contributed by atoms with Crippen LogP contribution in [0.25, 0.3) is 0 Å². The van der Waals surface area contributed by atoms with Crippen molar-refractivity contribution in [3.8, 4) is 0 Å². The first-order valence-electron chi connectivity index (χ1n) is 4.91. The van der Waals surface area contributed by atoms with E-state index in [4.69, 9.17) is 0 Å². The van der Waals surface area contributed by atoms with Gasteiger partial charge in [-0.1, -0.05) is 0 Å². The van der Waals surface area contributed by atoms with Gasteiger partial charge in [0.1, 0.15) is 12.0 Å². The second-order valence-corrected chi connectivity index (χ2v) is 5.67. The highest BCUT2D eigenvalue weighted by molar-refractivity contribution is 7.95. The minimum atomic E-state index is -6.89. The molecule has 0 aromatic carbocycles. The molecule has 0 saturated heterocycles. The average Bonchev–Trinajstić information content (AvgIpc) is 2.39. The van der Waals surface area contributed by atoms with Gasteiger partial charge in [0.2, 0.25) is 0 Å². The molecule has 0 aromatic rings. The van der Waals surface area contributed by atoms with E-state index < -0.39 is 58.1 Å². The van der Waals surface area contributed by atoms with Gasteiger partial charge in [-0.2, -0.15) is 39.5 Å². The van der Waals surface area contributed by atoms with E-state index >= 15 is 0 Å². The lowest BCUT2D eigenvalue weighted by Crippen LogP contribution is -2.49. The van der Waals surface area contributed by atoms with Gasteiger partial charge in [0, 0.05) is 0 Å². The molecule has 0 spiro atoms. The van der Waals surface area contributed by atoms with Gasteiger partial charge < -0.3 is 19.3 Å². The molecule has 0 aromatic heterocycles. The van der Waals surface area contributed by atoms with Crippen molar-refractivity contribution in [3.05, 3.63) is 0 Å². The normalized spacial score (nSPS) is 14.9. The summed E-state index contributed by atoms with van der Waals surface area (Å²) in [4.78, 5) is 0. The molecule has 0 heterocycles. The first-order valence-corrected chi connectivity index (χ1v) is 7.06. The van der Waals surface area contributed by atoms with Crippen molar-refractivity contribution in [2.24, 2.45) is 0 Å². The zero-order valence-corrected chi connectivity index (χ0v) is 12.2. The molecule has 0 amide bonds. The fourth-order valence-corrected chi connectivity index (χ4v) is 1.38. The molecular weight excluding hydrogens is 416 g/mol. The molecule has 0 radical (unpaired) electrons. The Hall–Kier alpha value is -0.500. The van der Waals surface area contributed by atoms with Crippen LogP contribution < -0.4 is 5.26 Å². The van der Waals surface area contributed by atoms with Crippen LogP contribution in [0.15, 0.2) is 0 Å². The van der Waals surface area contributed by atoms with Gasteiger partial charge in [-0.25, -0.2) is 8.42 Å². The molecule has 0 aliphatic rings. The van der Waals surface area contributed by atoms with Gasteiger partial charge in [0.05, 0.1) is 13.2 Å². The molecule has 24 heavy (non-hydrogen) atoms. The first-order chi connectivity index (χ1) is 10.5. The van der Waals surface area contributed by atoms with Crippen molar-refractivity contribution in [1.29, 1.82) is 0 Å². The lowest BCUT2D eigenvalue weighted by atomic mass is 10.6. The second kappa shape index (κ2) is 7.81. The summed E-state index contributed by atoms with van der Waals surface area (Å²) in [5.74, 6) is 0. The van der Waals surface area contributed by atoms with Crippen LogP contribution in [0.2, 0.25) is 0 Å². The van der Waals surface area contributed by atoms with Gasteiger partial charge in [-0.05, 0) is 0 Å². The summed E-state index contributed by atoms with van der Waals surface area (Å²) >= 11 is -1.52. The van der Waals surface area contributed by atoms with Gasteiger partial charge in [0.15, 0.2) is 10.1 Å². The molecule has 0 aliphatic heterocycles. The predicted octanol–water partition coefficient (Wildman–Crippen LogP) is 0.808. The molecule has 0 bridgehead atoms. The molecule has 0 fully saturated rings. The number of ether oxygens (including phenoxy) is 2.